The average Bonchev–Trinajstić information content (AvgIpc) is 2.20. The summed E-state index contributed by atoms with van der Waals surface area (Å²) in [5, 5.41) is 0. The summed E-state index contributed by atoms with van der Waals surface area (Å²) in [7, 11) is 0. The molecule has 0 heterocycles. The van der Waals surface area contributed by atoms with Crippen molar-refractivity contribution in [3.63, 3.8) is 0 Å². The van der Waals surface area contributed by atoms with Crippen LogP contribution in [-0.4, -0.2) is 12.6 Å². The van der Waals surface area contributed by atoms with Gasteiger partial charge in [-0.05, 0) is 25.3 Å². The first-order valence-corrected chi connectivity index (χ1v) is 5.95. The molecule has 0 rings (SSSR count). The van der Waals surface area contributed by atoms with Crippen LogP contribution in [0, 0.1) is 0 Å². The van der Waals surface area contributed by atoms with Crippen LogP contribution in [-0.2, 0) is 9.53 Å². The lowest BCUT2D eigenvalue weighted by Gasteiger charge is -2.02. The molecule has 0 atom stereocenters. The largest absolute Gasteiger partial charge is 0.461 e. The van der Waals surface area contributed by atoms with E-state index in [1.165, 1.54) is 39.0 Å². The van der Waals surface area contributed by atoms with Gasteiger partial charge in [0.1, 0.15) is 6.61 Å². The molecule has 0 aromatic carbocycles. The maximum atomic E-state index is 10.5. The lowest BCUT2D eigenvalue weighted by molar-refractivity contribution is -0.139. The van der Waals surface area contributed by atoms with Gasteiger partial charge in [-0.3, -0.25) is 4.79 Å². The van der Waals surface area contributed by atoms with E-state index in [-0.39, 0.29) is 5.97 Å². The van der Waals surface area contributed by atoms with E-state index in [0.29, 0.717) is 6.61 Å². The topological polar surface area (TPSA) is 26.3 Å². The van der Waals surface area contributed by atoms with Crippen molar-refractivity contribution in [1.82, 2.24) is 0 Å². The van der Waals surface area contributed by atoms with Crippen LogP contribution in [0.2, 0.25) is 0 Å². The normalized spacial score (nSPS) is 11.5. The first kappa shape index (κ1) is 14.2. The number of carbonyl (C=O) groups is 1. The minimum absolute atomic E-state index is 0.203. The standard InChI is InChI=1S/C13H24O2/c1-4-5-6-7-8-9-10-12(2)11-15-13(3)14/h10H,4-9,11H2,1-3H3/b12-10+. The number of carbonyl (C=O) groups excluding carboxylic acids is 1. The van der Waals surface area contributed by atoms with Crippen LogP contribution in [0.15, 0.2) is 11.6 Å². The zero-order valence-corrected chi connectivity index (χ0v) is 10.3. The van der Waals surface area contributed by atoms with E-state index in [9.17, 15) is 4.79 Å². The van der Waals surface area contributed by atoms with Crippen LogP contribution in [0.1, 0.15) is 59.3 Å². The summed E-state index contributed by atoms with van der Waals surface area (Å²) in [4.78, 5) is 10.5. The molecular formula is C13H24O2. The average molecular weight is 212 g/mol. The second-order valence-electron chi connectivity index (χ2n) is 4.03. The summed E-state index contributed by atoms with van der Waals surface area (Å²) in [5.74, 6) is -0.203. The SMILES string of the molecule is CCCCCCC/C=C(\C)COC(C)=O. The summed E-state index contributed by atoms with van der Waals surface area (Å²) >= 11 is 0. The Kier molecular flexibility index (Phi) is 9.24. The second-order valence-corrected chi connectivity index (χ2v) is 4.03. The van der Waals surface area contributed by atoms with Crippen LogP contribution in [0.4, 0.5) is 0 Å². The van der Waals surface area contributed by atoms with Crippen LogP contribution in [0.5, 0.6) is 0 Å². The van der Waals surface area contributed by atoms with Gasteiger partial charge in [0.25, 0.3) is 0 Å². The molecule has 0 aliphatic rings. The smallest absolute Gasteiger partial charge is 0.302 e. The Balaban J connectivity index is 3.37. The highest BCUT2D eigenvalue weighted by Crippen LogP contribution is 2.07. The van der Waals surface area contributed by atoms with Gasteiger partial charge in [0, 0.05) is 6.92 Å². The third kappa shape index (κ3) is 11.1. The molecule has 0 radical (unpaired) electrons. The maximum Gasteiger partial charge on any atom is 0.302 e. The fourth-order valence-electron chi connectivity index (χ4n) is 1.37. The van der Waals surface area contributed by atoms with Crippen molar-refractivity contribution in [3.8, 4) is 0 Å². The van der Waals surface area contributed by atoms with E-state index in [0.717, 1.165) is 12.0 Å². The van der Waals surface area contributed by atoms with Crippen molar-refractivity contribution in [2.45, 2.75) is 59.3 Å². The van der Waals surface area contributed by atoms with Crippen molar-refractivity contribution in [2.24, 2.45) is 0 Å². The summed E-state index contributed by atoms with van der Waals surface area (Å²) < 4.78 is 4.89. The van der Waals surface area contributed by atoms with Crippen molar-refractivity contribution in [2.75, 3.05) is 6.61 Å². The van der Waals surface area contributed by atoms with Crippen molar-refractivity contribution < 1.29 is 9.53 Å². The Morgan fingerprint density at radius 1 is 1.13 bits per heavy atom. The minimum atomic E-state index is -0.203. The van der Waals surface area contributed by atoms with Gasteiger partial charge in [-0.25, -0.2) is 0 Å². The minimum Gasteiger partial charge on any atom is -0.461 e. The number of hydrogen-bond donors (Lipinski definition) is 0. The molecule has 0 fully saturated rings. The molecule has 0 bridgehead atoms. The number of unbranched alkanes of at least 4 members (excludes halogenated alkanes) is 5. The molecule has 0 aromatic rings. The third-order valence-corrected chi connectivity index (χ3v) is 2.30. The Morgan fingerprint density at radius 3 is 2.40 bits per heavy atom. The predicted octanol–water partition coefficient (Wildman–Crippen LogP) is 3.86. The van der Waals surface area contributed by atoms with Crippen LogP contribution >= 0.6 is 0 Å². The fourth-order valence-corrected chi connectivity index (χ4v) is 1.37. The first-order chi connectivity index (χ1) is 7.16. The molecule has 0 amide bonds. The zero-order valence-electron chi connectivity index (χ0n) is 10.3. The highest BCUT2D eigenvalue weighted by Gasteiger charge is 1.94. The lowest BCUT2D eigenvalue weighted by Crippen LogP contribution is -2.01. The summed E-state index contributed by atoms with van der Waals surface area (Å²) in [6, 6.07) is 0. The molecule has 0 saturated heterocycles. The second kappa shape index (κ2) is 9.75. The molecular weight excluding hydrogens is 188 g/mol. The van der Waals surface area contributed by atoms with Crippen LogP contribution in [0.25, 0.3) is 0 Å². The molecule has 2 nitrogen and oxygen atoms in total. The van der Waals surface area contributed by atoms with Crippen molar-refractivity contribution >= 4 is 5.97 Å². The molecule has 0 aliphatic carbocycles. The Morgan fingerprint density at radius 2 is 1.80 bits per heavy atom. The lowest BCUT2D eigenvalue weighted by atomic mass is 10.1. The monoisotopic (exact) mass is 212 g/mol. The van der Waals surface area contributed by atoms with Gasteiger partial charge < -0.3 is 4.74 Å². The van der Waals surface area contributed by atoms with Gasteiger partial charge in [0.05, 0.1) is 0 Å². The van der Waals surface area contributed by atoms with Gasteiger partial charge in [-0.1, -0.05) is 38.7 Å². The van der Waals surface area contributed by atoms with E-state index < -0.39 is 0 Å². The van der Waals surface area contributed by atoms with E-state index in [4.69, 9.17) is 4.74 Å². The van der Waals surface area contributed by atoms with Crippen molar-refractivity contribution in [1.29, 1.82) is 0 Å². The van der Waals surface area contributed by atoms with Gasteiger partial charge in [0.2, 0.25) is 0 Å². The van der Waals surface area contributed by atoms with Crippen LogP contribution in [0.3, 0.4) is 0 Å². The van der Waals surface area contributed by atoms with Gasteiger partial charge in [0.15, 0.2) is 0 Å². The van der Waals surface area contributed by atoms with E-state index in [1.807, 2.05) is 6.92 Å². The molecule has 0 aromatic heterocycles. The number of esters is 1. The highest BCUT2D eigenvalue weighted by molar-refractivity contribution is 5.66. The molecule has 0 spiro atoms. The van der Waals surface area contributed by atoms with Crippen molar-refractivity contribution in [3.05, 3.63) is 11.6 Å². The van der Waals surface area contributed by atoms with E-state index in [1.54, 1.807) is 0 Å². The Hall–Kier alpha value is -0.790. The molecule has 0 N–H and O–H groups in total. The molecule has 0 aliphatic heterocycles. The molecule has 0 saturated carbocycles. The van der Waals surface area contributed by atoms with Gasteiger partial charge in [-0.15, -0.1) is 0 Å². The number of ether oxygens (including phenoxy) is 1. The number of hydrogen-bond acceptors (Lipinski definition) is 2. The number of rotatable bonds is 8. The van der Waals surface area contributed by atoms with E-state index in [2.05, 4.69) is 13.0 Å². The maximum absolute atomic E-state index is 10.5. The summed E-state index contributed by atoms with van der Waals surface area (Å²) in [6.45, 7) is 6.13. The van der Waals surface area contributed by atoms with E-state index >= 15 is 0 Å². The zero-order chi connectivity index (χ0) is 11.5. The summed E-state index contributed by atoms with van der Waals surface area (Å²) in [6.07, 6.45) is 9.82. The van der Waals surface area contributed by atoms with Crippen LogP contribution < -0.4 is 0 Å². The van der Waals surface area contributed by atoms with Gasteiger partial charge >= 0.3 is 5.97 Å². The Labute approximate surface area is 93.7 Å². The Bertz CT molecular complexity index is 195. The third-order valence-electron chi connectivity index (χ3n) is 2.30. The van der Waals surface area contributed by atoms with Gasteiger partial charge in [-0.2, -0.15) is 0 Å². The first-order valence-electron chi connectivity index (χ1n) is 5.95. The fraction of sp³-hybridized carbons (Fsp3) is 0.769. The molecule has 0 unspecified atom stereocenters. The quantitative estimate of drug-likeness (QED) is 0.347. The molecule has 88 valence electrons. The highest BCUT2D eigenvalue weighted by atomic mass is 16.5. The molecule has 2 heteroatoms. The molecule has 15 heavy (non-hydrogen) atoms. The summed E-state index contributed by atoms with van der Waals surface area (Å²) in [5.41, 5.74) is 1.15. The number of allylic oxidation sites excluding steroid dienone is 1. The predicted molar refractivity (Wildman–Crippen MR) is 63.8 cm³/mol.